The second-order valence-electron chi connectivity index (χ2n) is 5.90. The fourth-order valence-electron chi connectivity index (χ4n) is 2.77. The van der Waals surface area contributed by atoms with E-state index in [2.05, 4.69) is 12.2 Å². The molecule has 0 radical (unpaired) electrons. The third-order valence-corrected chi connectivity index (χ3v) is 4.17. The quantitative estimate of drug-likeness (QED) is 0.877. The van der Waals surface area contributed by atoms with Crippen LogP contribution in [0.25, 0.3) is 0 Å². The molecule has 0 heterocycles. The predicted molar refractivity (Wildman–Crippen MR) is 80.4 cm³/mol. The zero-order valence-electron chi connectivity index (χ0n) is 12.3. The summed E-state index contributed by atoms with van der Waals surface area (Å²) in [5, 5.41) is 2.85. The maximum atomic E-state index is 11.6. The average molecular weight is 275 g/mol. The van der Waals surface area contributed by atoms with Gasteiger partial charge in [0.15, 0.2) is 0 Å². The molecule has 110 valence electrons. The molecule has 0 spiro atoms. The fraction of sp³-hybridized carbons (Fsp3) is 0.588. The van der Waals surface area contributed by atoms with Crippen LogP contribution in [0.3, 0.4) is 0 Å². The van der Waals surface area contributed by atoms with Crippen LogP contribution >= 0.6 is 0 Å². The zero-order valence-corrected chi connectivity index (χ0v) is 12.3. The van der Waals surface area contributed by atoms with E-state index in [0.29, 0.717) is 6.61 Å². The first-order chi connectivity index (χ1) is 9.74. The maximum absolute atomic E-state index is 11.6. The molecule has 1 aliphatic rings. The van der Waals surface area contributed by atoms with Crippen molar-refractivity contribution in [2.24, 2.45) is 11.8 Å². The van der Waals surface area contributed by atoms with E-state index in [-0.39, 0.29) is 6.09 Å². The molecule has 1 aromatic carbocycles. The Labute approximate surface area is 121 Å². The number of hydrogen-bond donors (Lipinski definition) is 1. The van der Waals surface area contributed by atoms with Gasteiger partial charge in [0.05, 0.1) is 0 Å². The lowest BCUT2D eigenvalue weighted by Gasteiger charge is -2.25. The third kappa shape index (κ3) is 5.24. The Morgan fingerprint density at radius 1 is 1.20 bits per heavy atom. The van der Waals surface area contributed by atoms with E-state index in [0.717, 1.165) is 30.4 Å². The summed E-state index contributed by atoms with van der Waals surface area (Å²) >= 11 is 0. The molecule has 20 heavy (non-hydrogen) atoms. The monoisotopic (exact) mass is 275 g/mol. The summed E-state index contributed by atoms with van der Waals surface area (Å²) < 4.78 is 5.18. The molecule has 2 rings (SSSR count). The van der Waals surface area contributed by atoms with E-state index in [4.69, 9.17) is 4.74 Å². The lowest BCUT2D eigenvalue weighted by Crippen LogP contribution is -2.27. The number of alkyl carbamates (subject to hydrolysis) is 1. The highest BCUT2D eigenvalue weighted by Gasteiger charge is 2.17. The normalized spacial score (nSPS) is 22.2. The second kappa shape index (κ2) is 7.93. The number of carbonyl (C=O) groups excluding carboxylic acids is 1. The number of rotatable bonds is 5. The van der Waals surface area contributed by atoms with Crippen molar-refractivity contribution in [1.29, 1.82) is 0 Å². The van der Waals surface area contributed by atoms with Gasteiger partial charge in [-0.3, -0.25) is 0 Å². The van der Waals surface area contributed by atoms with Crippen molar-refractivity contribution in [2.75, 3.05) is 6.54 Å². The van der Waals surface area contributed by atoms with Gasteiger partial charge in [0, 0.05) is 6.54 Å². The molecule has 1 amide bonds. The number of benzene rings is 1. The van der Waals surface area contributed by atoms with E-state index in [9.17, 15) is 4.79 Å². The van der Waals surface area contributed by atoms with Crippen LogP contribution in [0.15, 0.2) is 30.3 Å². The molecular weight excluding hydrogens is 250 g/mol. The predicted octanol–water partition coefficient (Wildman–Crippen LogP) is 4.13. The van der Waals surface area contributed by atoms with Crippen molar-refractivity contribution in [1.82, 2.24) is 5.32 Å². The van der Waals surface area contributed by atoms with Crippen molar-refractivity contribution in [3.63, 3.8) is 0 Å². The summed E-state index contributed by atoms with van der Waals surface area (Å²) in [5.41, 5.74) is 1.02. The van der Waals surface area contributed by atoms with Gasteiger partial charge in [0.2, 0.25) is 0 Å². The van der Waals surface area contributed by atoms with Gasteiger partial charge < -0.3 is 10.1 Å². The molecule has 1 fully saturated rings. The van der Waals surface area contributed by atoms with Crippen molar-refractivity contribution in [3.8, 4) is 0 Å². The standard InChI is InChI=1S/C17H25NO2/c1-14-7-9-15(10-8-14)11-12-18-17(19)20-13-16-5-3-2-4-6-16/h2-6,14-15H,7-13H2,1H3,(H,18,19). The lowest BCUT2D eigenvalue weighted by atomic mass is 9.81. The molecule has 1 aromatic rings. The largest absolute Gasteiger partial charge is 0.445 e. The SMILES string of the molecule is CC1CCC(CCNC(=O)OCc2ccccc2)CC1. The van der Waals surface area contributed by atoms with Crippen LogP contribution in [-0.2, 0) is 11.3 Å². The number of amides is 1. The first-order valence-electron chi connectivity index (χ1n) is 7.68. The first-order valence-corrected chi connectivity index (χ1v) is 7.68. The molecular formula is C17H25NO2. The zero-order chi connectivity index (χ0) is 14.2. The van der Waals surface area contributed by atoms with E-state index in [1.807, 2.05) is 30.3 Å². The van der Waals surface area contributed by atoms with Gasteiger partial charge in [-0.15, -0.1) is 0 Å². The van der Waals surface area contributed by atoms with Crippen molar-refractivity contribution < 1.29 is 9.53 Å². The Balaban J connectivity index is 1.56. The minimum Gasteiger partial charge on any atom is -0.445 e. The average Bonchev–Trinajstić information content (AvgIpc) is 2.48. The van der Waals surface area contributed by atoms with Gasteiger partial charge in [-0.25, -0.2) is 4.79 Å². The Hall–Kier alpha value is -1.51. The van der Waals surface area contributed by atoms with Crippen LogP contribution in [0.5, 0.6) is 0 Å². The maximum Gasteiger partial charge on any atom is 0.407 e. The highest BCUT2D eigenvalue weighted by Crippen LogP contribution is 2.29. The molecule has 0 bridgehead atoms. The molecule has 0 atom stereocenters. The highest BCUT2D eigenvalue weighted by atomic mass is 16.5. The highest BCUT2D eigenvalue weighted by molar-refractivity contribution is 5.67. The van der Waals surface area contributed by atoms with Crippen LogP contribution in [0.1, 0.15) is 44.6 Å². The Bertz CT molecular complexity index is 397. The van der Waals surface area contributed by atoms with E-state index < -0.39 is 0 Å². The van der Waals surface area contributed by atoms with Crippen molar-refractivity contribution in [3.05, 3.63) is 35.9 Å². The summed E-state index contributed by atoms with van der Waals surface area (Å²) in [6, 6.07) is 9.75. The fourth-order valence-corrected chi connectivity index (χ4v) is 2.77. The van der Waals surface area contributed by atoms with Crippen LogP contribution in [0, 0.1) is 11.8 Å². The second-order valence-corrected chi connectivity index (χ2v) is 5.90. The topological polar surface area (TPSA) is 38.3 Å². The number of hydrogen-bond acceptors (Lipinski definition) is 2. The number of nitrogens with one attached hydrogen (secondary N) is 1. The lowest BCUT2D eigenvalue weighted by molar-refractivity contribution is 0.138. The molecule has 0 unspecified atom stereocenters. The van der Waals surface area contributed by atoms with E-state index >= 15 is 0 Å². The van der Waals surface area contributed by atoms with Gasteiger partial charge in [0.1, 0.15) is 6.61 Å². The van der Waals surface area contributed by atoms with Crippen molar-refractivity contribution in [2.45, 2.75) is 45.6 Å². The summed E-state index contributed by atoms with van der Waals surface area (Å²) in [6.07, 6.45) is 6.06. The summed E-state index contributed by atoms with van der Waals surface area (Å²) in [7, 11) is 0. The molecule has 0 aromatic heterocycles. The Morgan fingerprint density at radius 3 is 2.60 bits per heavy atom. The van der Waals surface area contributed by atoms with Gasteiger partial charge in [-0.2, -0.15) is 0 Å². The van der Waals surface area contributed by atoms with Crippen LogP contribution < -0.4 is 5.32 Å². The minimum atomic E-state index is -0.307. The summed E-state index contributed by atoms with van der Waals surface area (Å²) in [6.45, 7) is 3.40. The van der Waals surface area contributed by atoms with E-state index in [1.165, 1.54) is 25.7 Å². The van der Waals surface area contributed by atoms with Crippen LogP contribution in [0.4, 0.5) is 4.79 Å². The molecule has 0 aliphatic heterocycles. The molecule has 1 aliphatic carbocycles. The number of ether oxygens (including phenoxy) is 1. The Morgan fingerprint density at radius 2 is 1.90 bits per heavy atom. The Kier molecular flexibility index (Phi) is 5.90. The van der Waals surface area contributed by atoms with Crippen LogP contribution in [-0.4, -0.2) is 12.6 Å². The van der Waals surface area contributed by atoms with Gasteiger partial charge in [0.25, 0.3) is 0 Å². The van der Waals surface area contributed by atoms with Gasteiger partial charge in [-0.05, 0) is 23.8 Å². The molecule has 1 N–H and O–H groups in total. The minimum absolute atomic E-state index is 0.307. The number of carbonyl (C=O) groups is 1. The third-order valence-electron chi connectivity index (χ3n) is 4.17. The smallest absolute Gasteiger partial charge is 0.407 e. The first kappa shape index (κ1) is 14.9. The van der Waals surface area contributed by atoms with Crippen molar-refractivity contribution >= 4 is 6.09 Å². The van der Waals surface area contributed by atoms with Gasteiger partial charge in [-0.1, -0.05) is 62.9 Å². The molecule has 3 heteroatoms. The van der Waals surface area contributed by atoms with Gasteiger partial charge >= 0.3 is 6.09 Å². The van der Waals surface area contributed by atoms with Crippen LogP contribution in [0.2, 0.25) is 0 Å². The van der Waals surface area contributed by atoms with E-state index in [1.54, 1.807) is 0 Å². The summed E-state index contributed by atoms with van der Waals surface area (Å²) in [5.74, 6) is 1.66. The summed E-state index contributed by atoms with van der Waals surface area (Å²) in [4.78, 5) is 11.6. The molecule has 0 saturated heterocycles. The molecule has 3 nitrogen and oxygen atoms in total. The molecule has 1 saturated carbocycles.